The molecule has 0 saturated carbocycles. The van der Waals surface area contributed by atoms with Crippen molar-refractivity contribution in [1.82, 2.24) is 15.5 Å². The Labute approximate surface area is 206 Å². The van der Waals surface area contributed by atoms with Gasteiger partial charge in [0, 0.05) is 19.5 Å². The summed E-state index contributed by atoms with van der Waals surface area (Å²) in [6, 6.07) is -5.20. The normalized spacial score (nSPS) is 17.4. The molecule has 0 aliphatic carbocycles. The van der Waals surface area contributed by atoms with Gasteiger partial charge in [-0.15, -0.1) is 0 Å². The predicted octanol–water partition coefficient (Wildman–Crippen LogP) is -3.25. The topological polar surface area (TPSA) is 281 Å². The molecule has 1 saturated heterocycles. The Morgan fingerprint density at radius 1 is 0.972 bits per heavy atom. The number of hydrogen-bond donors (Lipinski definition) is 8. The SMILES string of the molecule is NC(N)=NCCCC(N)C(=O)NC(CC(=O)O)C(=O)N1CCCC1C(=O)NC(CCC(=O)O)C(=O)O. The van der Waals surface area contributed by atoms with Gasteiger partial charge in [-0.3, -0.25) is 29.0 Å². The van der Waals surface area contributed by atoms with Crippen molar-refractivity contribution < 1.29 is 44.1 Å². The number of nitrogens with two attached hydrogens (primary N) is 3. The zero-order chi connectivity index (χ0) is 27.4. The van der Waals surface area contributed by atoms with Crippen molar-refractivity contribution in [3.05, 3.63) is 0 Å². The maximum atomic E-state index is 13.1. The number of hydrogen-bond acceptors (Lipinski definition) is 8. The van der Waals surface area contributed by atoms with Gasteiger partial charge in [0.25, 0.3) is 0 Å². The Morgan fingerprint density at radius 3 is 2.19 bits per heavy atom. The van der Waals surface area contributed by atoms with Crippen LogP contribution in [0.15, 0.2) is 4.99 Å². The smallest absolute Gasteiger partial charge is 0.326 e. The number of aliphatic carboxylic acids is 3. The molecule has 36 heavy (non-hydrogen) atoms. The lowest BCUT2D eigenvalue weighted by molar-refractivity contribution is -0.147. The summed E-state index contributed by atoms with van der Waals surface area (Å²) in [5.41, 5.74) is 16.2. The van der Waals surface area contributed by atoms with Crippen molar-refractivity contribution in [2.45, 2.75) is 69.1 Å². The van der Waals surface area contributed by atoms with E-state index in [-0.39, 0.29) is 38.3 Å². The molecule has 0 aromatic carbocycles. The molecule has 1 heterocycles. The number of guanidine groups is 1. The second-order valence-electron chi connectivity index (χ2n) is 8.24. The third-order valence-electron chi connectivity index (χ3n) is 5.40. The first-order valence-electron chi connectivity index (χ1n) is 11.2. The molecule has 0 radical (unpaired) electrons. The minimum absolute atomic E-state index is 0.0698. The lowest BCUT2D eigenvalue weighted by atomic mass is 10.1. The van der Waals surface area contributed by atoms with Gasteiger partial charge in [-0.05, 0) is 32.1 Å². The summed E-state index contributed by atoms with van der Waals surface area (Å²) in [6.07, 6.45) is -0.593. The minimum atomic E-state index is -1.52. The van der Waals surface area contributed by atoms with E-state index in [9.17, 15) is 39.0 Å². The van der Waals surface area contributed by atoms with Gasteiger partial charge in [-0.1, -0.05) is 0 Å². The Bertz CT molecular complexity index is 876. The maximum absolute atomic E-state index is 13.1. The Hall–Kier alpha value is -3.95. The third-order valence-corrected chi connectivity index (χ3v) is 5.40. The first-order valence-corrected chi connectivity index (χ1v) is 11.2. The highest BCUT2D eigenvalue weighted by atomic mass is 16.4. The third kappa shape index (κ3) is 10.1. The molecule has 0 aromatic heterocycles. The number of aliphatic imine (C=N–C) groups is 1. The lowest BCUT2D eigenvalue weighted by Gasteiger charge is -2.29. The number of amides is 3. The van der Waals surface area contributed by atoms with E-state index in [1.165, 1.54) is 0 Å². The highest BCUT2D eigenvalue weighted by molar-refractivity contribution is 5.96. The summed E-state index contributed by atoms with van der Waals surface area (Å²) < 4.78 is 0. The number of carbonyl (C=O) groups excluding carboxylic acids is 3. The largest absolute Gasteiger partial charge is 0.481 e. The summed E-state index contributed by atoms with van der Waals surface area (Å²) >= 11 is 0. The van der Waals surface area contributed by atoms with Crippen LogP contribution in [0.1, 0.15) is 44.9 Å². The number of carboxylic acid groups (broad SMARTS) is 3. The van der Waals surface area contributed by atoms with E-state index < -0.39 is 72.6 Å². The molecule has 4 unspecified atom stereocenters. The molecule has 1 aliphatic heterocycles. The Balaban J connectivity index is 2.88. The van der Waals surface area contributed by atoms with Gasteiger partial charge in [0.05, 0.1) is 12.5 Å². The predicted molar refractivity (Wildman–Crippen MR) is 123 cm³/mol. The van der Waals surface area contributed by atoms with Crippen LogP contribution in [-0.4, -0.2) is 99.1 Å². The Kier molecular flexibility index (Phi) is 12.1. The van der Waals surface area contributed by atoms with Crippen molar-refractivity contribution >= 4 is 41.6 Å². The molecular formula is C20H33N7O9. The van der Waals surface area contributed by atoms with Crippen molar-refractivity contribution in [3.8, 4) is 0 Å². The molecule has 0 bridgehead atoms. The van der Waals surface area contributed by atoms with Crippen LogP contribution >= 0.6 is 0 Å². The fourth-order valence-electron chi connectivity index (χ4n) is 3.60. The van der Waals surface area contributed by atoms with Gasteiger partial charge in [0.15, 0.2) is 5.96 Å². The van der Waals surface area contributed by atoms with Gasteiger partial charge in [-0.25, -0.2) is 4.79 Å². The van der Waals surface area contributed by atoms with Crippen LogP contribution in [0.4, 0.5) is 0 Å². The fraction of sp³-hybridized carbons (Fsp3) is 0.650. The summed E-state index contributed by atoms with van der Waals surface area (Å²) in [5, 5.41) is 31.8. The second-order valence-corrected chi connectivity index (χ2v) is 8.24. The summed E-state index contributed by atoms with van der Waals surface area (Å²) in [5.74, 6) is -6.63. The number of nitrogens with one attached hydrogen (secondary N) is 2. The van der Waals surface area contributed by atoms with Gasteiger partial charge in [0.1, 0.15) is 18.1 Å². The van der Waals surface area contributed by atoms with Crippen molar-refractivity contribution in [2.24, 2.45) is 22.2 Å². The summed E-state index contributed by atoms with van der Waals surface area (Å²) in [6.45, 7) is 0.287. The van der Waals surface area contributed by atoms with E-state index in [4.69, 9.17) is 22.3 Å². The van der Waals surface area contributed by atoms with Gasteiger partial charge < -0.3 is 48.1 Å². The molecule has 1 aliphatic rings. The van der Waals surface area contributed by atoms with Gasteiger partial charge in [0.2, 0.25) is 17.7 Å². The molecular weight excluding hydrogens is 482 g/mol. The van der Waals surface area contributed by atoms with Crippen LogP contribution in [0, 0.1) is 0 Å². The standard InChI is InChI=1S/C20H33N7O9/c21-10(3-1-7-24-20(22)23)16(32)26-12(9-15(30)31)18(34)27-8-2-4-13(27)17(33)25-11(19(35)36)5-6-14(28)29/h10-13H,1-9,21H2,(H,25,33)(H,26,32)(H,28,29)(H,30,31)(H,35,36)(H4,22,23,24). The molecule has 16 nitrogen and oxygen atoms in total. The monoisotopic (exact) mass is 515 g/mol. The molecule has 1 rings (SSSR count). The quantitative estimate of drug-likeness (QED) is 0.0606. The average Bonchev–Trinajstić information content (AvgIpc) is 3.27. The van der Waals surface area contributed by atoms with Crippen LogP contribution in [0.3, 0.4) is 0 Å². The number of rotatable bonds is 15. The van der Waals surface area contributed by atoms with E-state index in [0.717, 1.165) is 4.90 Å². The second kappa shape index (κ2) is 14.4. The molecule has 16 heteroatoms. The van der Waals surface area contributed by atoms with Crippen LogP contribution < -0.4 is 27.8 Å². The summed E-state index contributed by atoms with van der Waals surface area (Å²) in [7, 11) is 0. The van der Waals surface area contributed by atoms with Gasteiger partial charge >= 0.3 is 17.9 Å². The lowest BCUT2D eigenvalue weighted by Crippen LogP contribution is -2.57. The van der Waals surface area contributed by atoms with Crippen LogP contribution in [0.25, 0.3) is 0 Å². The Morgan fingerprint density at radius 2 is 1.64 bits per heavy atom. The number of likely N-dealkylation sites (tertiary alicyclic amines) is 1. The number of carboxylic acids is 3. The number of nitrogens with zero attached hydrogens (tertiary/aromatic N) is 2. The van der Waals surface area contributed by atoms with E-state index in [1.54, 1.807) is 0 Å². The highest BCUT2D eigenvalue weighted by Gasteiger charge is 2.39. The zero-order valence-corrected chi connectivity index (χ0v) is 19.6. The van der Waals surface area contributed by atoms with Crippen LogP contribution in [0.2, 0.25) is 0 Å². The average molecular weight is 516 g/mol. The zero-order valence-electron chi connectivity index (χ0n) is 19.6. The first-order chi connectivity index (χ1) is 16.8. The molecule has 4 atom stereocenters. The molecule has 11 N–H and O–H groups in total. The highest BCUT2D eigenvalue weighted by Crippen LogP contribution is 2.20. The molecule has 0 spiro atoms. The summed E-state index contributed by atoms with van der Waals surface area (Å²) in [4.78, 5) is 76.6. The van der Waals surface area contributed by atoms with Crippen LogP contribution in [-0.2, 0) is 28.8 Å². The van der Waals surface area contributed by atoms with Crippen molar-refractivity contribution in [2.75, 3.05) is 13.1 Å². The minimum Gasteiger partial charge on any atom is -0.481 e. The molecule has 0 aromatic rings. The maximum Gasteiger partial charge on any atom is 0.326 e. The van der Waals surface area contributed by atoms with Crippen molar-refractivity contribution in [1.29, 1.82) is 0 Å². The van der Waals surface area contributed by atoms with E-state index >= 15 is 0 Å². The van der Waals surface area contributed by atoms with Crippen LogP contribution in [0.5, 0.6) is 0 Å². The van der Waals surface area contributed by atoms with E-state index in [1.807, 2.05) is 0 Å². The van der Waals surface area contributed by atoms with Gasteiger partial charge in [-0.2, -0.15) is 0 Å². The fourth-order valence-corrected chi connectivity index (χ4v) is 3.60. The van der Waals surface area contributed by atoms with E-state index in [2.05, 4.69) is 15.6 Å². The molecule has 202 valence electrons. The molecule has 3 amide bonds. The first kappa shape index (κ1) is 30.1. The molecule has 1 fully saturated rings. The van der Waals surface area contributed by atoms with Crippen molar-refractivity contribution in [3.63, 3.8) is 0 Å². The number of carbonyl (C=O) groups is 6. The van der Waals surface area contributed by atoms with E-state index in [0.29, 0.717) is 12.8 Å².